The molecule has 1 saturated heterocycles. The molecule has 1 unspecified atom stereocenters. The summed E-state index contributed by atoms with van der Waals surface area (Å²) in [4.78, 5) is 24.0. The molecule has 1 saturated carbocycles. The lowest BCUT2D eigenvalue weighted by molar-refractivity contribution is -0.127. The maximum atomic E-state index is 12.0. The van der Waals surface area contributed by atoms with Crippen molar-refractivity contribution < 1.29 is 9.59 Å². The highest BCUT2D eigenvalue weighted by Crippen LogP contribution is 2.35. The molecule has 3 heteroatoms. The van der Waals surface area contributed by atoms with E-state index in [0.29, 0.717) is 24.5 Å². The molecular formula is C13H19NO2. The molecule has 2 fully saturated rings. The van der Waals surface area contributed by atoms with Gasteiger partial charge in [-0.2, -0.15) is 0 Å². The van der Waals surface area contributed by atoms with Crippen molar-refractivity contribution in [3.63, 3.8) is 0 Å². The van der Waals surface area contributed by atoms with Crippen molar-refractivity contribution in [1.29, 1.82) is 0 Å². The number of carbonyl (C=O) groups excluding carboxylic acids is 2. The van der Waals surface area contributed by atoms with Gasteiger partial charge in [0.05, 0.1) is 5.57 Å². The molecule has 0 bridgehead atoms. The highest BCUT2D eigenvalue weighted by molar-refractivity contribution is 6.22. The smallest absolute Gasteiger partial charge is 0.168 e. The Hall–Kier alpha value is -1.12. The molecule has 0 spiro atoms. The van der Waals surface area contributed by atoms with Crippen molar-refractivity contribution in [3.05, 3.63) is 11.3 Å². The highest BCUT2D eigenvalue weighted by atomic mass is 16.2. The molecule has 1 aliphatic heterocycles. The van der Waals surface area contributed by atoms with Gasteiger partial charge in [-0.15, -0.1) is 0 Å². The zero-order valence-corrected chi connectivity index (χ0v) is 10.2. The lowest BCUT2D eigenvalue weighted by Crippen LogP contribution is -2.34. The van der Waals surface area contributed by atoms with Crippen molar-refractivity contribution in [2.45, 2.75) is 52.5 Å². The summed E-state index contributed by atoms with van der Waals surface area (Å²) in [5, 5.41) is 3.25. The van der Waals surface area contributed by atoms with Crippen LogP contribution in [-0.4, -0.2) is 17.6 Å². The van der Waals surface area contributed by atoms with Crippen molar-refractivity contribution in [3.8, 4) is 0 Å². The molecule has 0 aromatic carbocycles. The third kappa shape index (κ3) is 2.04. The summed E-state index contributed by atoms with van der Waals surface area (Å²) in [6, 6.07) is 0.387. The van der Waals surface area contributed by atoms with Crippen LogP contribution < -0.4 is 5.32 Å². The van der Waals surface area contributed by atoms with Gasteiger partial charge < -0.3 is 5.32 Å². The Morgan fingerprint density at radius 3 is 2.19 bits per heavy atom. The van der Waals surface area contributed by atoms with Gasteiger partial charge in [-0.1, -0.05) is 13.8 Å². The predicted octanol–water partition coefficient (Wildman–Crippen LogP) is 1.97. The van der Waals surface area contributed by atoms with Crippen LogP contribution in [0.1, 0.15) is 46.5 Å². The Morgan fingerprint density at radius 2 is 1.75 bits per heavy atom. The Bertz CT molecular complexity index is 357. The third-order valence-electron chi connectivity index (χ3n) is 3.39. The first-order valence-electron chi connectivity index (χ1n) is 5.95. The Kier molecular flexibility index (Phi) is 2.64. The van der Waals surface area contributed by atoms with Gasteiger partial charge in [-0.3, -0.25) is 9.59 Å². The second kappa shape index (κ2) is 3.72. The van der Waals surface area contributed by atoms with Gasteiger partial charge in [-0.25, -0.2) is 0 Å². The van der Waals surface area contributed by atoms with Gasteiger partial charge in [0.1, 0.15) is 0 Å². The third-order valence-corrected chi connectivity index (χ3v) is 3.39. The maximum absolute atomic E-state index is 12.0. The van der Waals surface area contributed by atoms with Crippen LogP contribution in [0.25, 0.3) is 0 Å². The van der Waals surface area contributed by atoms with E-state index in [2.05, 4.69) is 12.2 Å². The van der Waals surface area contributed by atoms with E-state index in [9.17, 15) is 9.59 Å². The number of allylic oxidation sites excluding steroid dienone is 2. The minimum absolute atomic E-state index is 0.0258. The average molecular weight is 221 g/mol. The number of hydrogen-bond donors (Lipinski definition) is 1. The first-order chi connectivity index (χ1) is 7.39. The summed E-state index contributed by atoms with van der Waals surface area (Å²) in [5.41, 5.74) is 1.18. The molecule has 3 nitrogen and oxygen atoms in total. The SMILES string of the molecule is CC1CCC(=C2C(=O)CC(C)(C)CC2=O)N1. The van der Waals surface area contributed by atoms with E-state index < -0.39 is 0 Å². The molecule has 2 rings (SSSR count). The summed E-state index contributed by atoms with van der Waals surface area (Å²) in [7, 11) is 0. The molecule has 0 amide bonds. The number of ketones is 2. The number of nitrogens with one attached hydrogen (secondary N) is 1. The average Bonchev–Trinajstić information content (AvgIpc) is 2.47. The van der Waals surface area contributed by atoms with Gasteiger partial charge >= 0.3 is 0 Å². The molecule has 88 valence electrons. The molecule has 1 N–H and O–H groups in total. The van der Waals surface area contributed by atoms with E-state index in [1.54, 1.807) is 0 Å². The van der Waals surface area contributed by atoms with Crippen LogP contribution in [0.4, 0.5) is 0 Å². The van der Waals surface area contributed by atoms with Crippen LogP contribution >= 0.6 is 0 Å². The summed E-state index contributed by atoms with van der Waals surface area (Å²) in [6.45, 7) is 6.04. The van der Waals surface area contributed by atoms with Gasteiger partial charge in [0, 0.05) is 24.6 Å². The minimum Gasteiger partial charge on any atom is -0.385 e. The Balaban J connectivity index is 2.30. The molecular weight excluding hydrogens is 202 g/mol. The lowest BCUT2D eigenvalue weighted by atomic mass is 9.73. The molecule has 2 aliphatic rings. The molecule has 0 radical (unpaired) electrons. The largest absolute Gasteiger partial charge is 0.385 e. The van der Waals surface area contributed by atoms with Crippen LogP contribution in [0, 0.1) is 5.41 Å². The van der Waals surface area contributed by atoms with Crippen LogP contribution in [0.3, 0.4) is 0 Å². The second-order valence-electron chi connectivity index (χ2n) is 5.80. The summed E-state index contributed by atoms with van der Waals surface area (Å²) < 4.78 is 0. The van der Waals surface area contributed by atoms with Crippen molar-refractivity contribution in [2.75, 3.05) is 0 Å². The second-order valence-corrected chi connectivity index (χ2v) is 5.80. The monoisotopic (exact) mass is 221 g/mol. The molecule has 1 aliphatic carbocycles. The summed E-state index contributed by atoms with van der Waals surface area (Å²) in [6.07, 6.45) is 2.85. The lowest BCUT2D eigenvalue weighted by Gasteiger charge is -2.29. The Labute approximate surface area is 96.3 Å². The van der Waals surface area contributed by atoms with Gasteiger partial charge in [0.2, 0.25) is 0 Å². The first kappa shape index (κ1) is 11.4. The van der Waals surface area contributed by atoms with Crippen molar-refractivity contribution in [1.82, 2.24) is 5.32 Å². The normalized spacial score (nSPS) is 29.6. The van der Waals surface area contributed by atoms with Crippen LogP contribution in [0.2, 0.25) is 0 Å². The van der Waals surface area contributed by atoms with E-state index in [4.69, 9.17) is 0 Å². The zero-order chi connectivity index (χ0) is 11.9. The fourth-order valence-electron chi connectivity index (χ4n) is 2.60. The number of rotatable bonds is 0. The molecule has 16 heavy (non-hydrogen) atoms. The van der Waals surface area contributed by atoms with Crippen LogP contribution in [0.5, 0.6) is 0 Å². The molecule has 1 atom stereocenters. The van der Waals surface area contributed by atoms with E-state index >= 15 is 0 Å². The zero-order valence-electron chi connectivity index (χ0n) is 10.2. The van der Waals surface area contributed by atoms with Gasteiger partial charge in [0.25, 0.3) is 0 Å². The number of carbonyl (C=O) groups is 2. The van der Waals surface area contributed by atoms with Gasteiger partial charge in [0.15, 0.2) is 11.6 Å². The molecule has 1 heterocycles. The molecule has 0 aromatic rings. The van der Waals surface area contributed by atoms with E-state index in [1.165, 1.54) is 0 Å². The first-order valence-corrected chi connectivity index (χ1v) is 5.95. The highest BCUT2D eigenvalue weighted by Gasteiger charge is 2.38. The summed E-state index contributed by atoms with van der Waals surface area (Å²) >= 11 is 0. The fourth-order valence-corrected chi connectivity index (χ4v) is 2.60. The Morgan fingerprint density at radius 1 is 1.19 bits per heavy atom. The van der Waals surface area contributed by atoms with E-state index in [-0.39, 0.29) is 17.0 Å². The fraction of sp³-hybridized carbons (Fsp3) is 0.692. The van der Waals surface area contributed by atoms with Gasteiger partial charge in [-0.05, 0) is 25.2 Å². The number of hydrogen-bond acceptors (Lipinski definition) is 3. The summed E-state index contributed by atoms with van der Waals surface area (Å²) in [5.74, 6) is 0.0516. The standard InChI is InChI=1S/C13H19NO2/c1-8-4-5-9(14-8)12-10(15)6-13(2,3)7-11(12)16/h8,14H,4-7H2,1-3H3. The van der Waals surface area contributed by atoms with Crippen LogP contribution in [0.15, 0.2) is 11.3 Å². The molecule has 0 aromatic heterocycles. The van der Waals surface area contributed by atoms with E-state index in [1.807, 2.05) is 13.8 Å². The number of Topliss-reactive ketones (excluding diaryl/α,β-unsaturated/α-hetero) is 2. The maximum Gasteiger partial charge on any atom is 0.168 e. The van der Waals surface area contributed by atoms with Crippen molar-refractivity contribution >= 4 is 11.6 Å². The van der Waals surface area contributed by atoms with Crippen LogP contribution in [-0.2, 0) is 9.59 Å². The quantitative estimate of drug-likeness (QED) is 0.502. The predicted molar refractivity (Wildman–Crippen MR) is 61.9 cm³/mol. The topological polar surface area (TPSA) is 46.2 Å². The van der Waals surface area contributed by atoms with Crippen molar-refractivity contribution in [2.24, 2.45) is 5.41 Å². The van der Waals surface area contributed by atoms with E-state index in [0.717, 1.165) is 18.5 Å². The minimum atomic E-state index is -0.164.